The lowest BCUT2D eigenvalue weighted by Gasteiger charge is -2.23. The van der Waals surface area contributed by atoms with Gasteiger partial charge in [-0.25, -0.2) is 8.42 Å². The van der Waals surface area contributed by atoms with Crippen molar-refractivity contribution in [1.82, 2.24) is 10.2 Å². The van der Waals surface area contributed by atoms with E-state index in [0.29, 0.717) is 13.0 Å². The number of nitrogens with one attached hydrogen (secondary N) is 1. The molecule has 1 heterocycles. The molecule has 0 aliphatic carbocycles. The third kappa shape index (κ3) is 5.18. The van der Waals surface area contributed by atoms with Crippen LogP contribution in [-0.2, 0) is 19.4 Å². The normalized spacial score (nSPS) is 21.1. The molecule has 0 aromatic heterocycles. The molecule has 1 rings (SSSR count). The quantitative estimate of drug-likeness (QED) is 0.548. The largest absolute Gasteiger partial charge is 0.356 e. The highest BCUT2D eigenvalue weighted by Crippen LogP contribution is 2.17. The first kappa shape index (κ1) is 15.9. The molecular formula is C12H22N2O4S. The van der Waals surface area contributed by atoms with E-state index in [1.54, 1.807) is 7.05 Å². The van der Waals surface area contributed by atoms with E-state index < -0.39 is 9.84 Å². The maximum atomic E-state index is 11.9. The fourth-order valence-electron chi connectivity index (χ4n) is 2.01. The van der Waals surface area contributed by atoms with Gasteiger partial charge in [-0.3, -0.25) is 9.59 Å². The predicted octanol–water partition coefficient (Wildman–Crippen LogP) is -0.0617. The van der Waals surface area contributed by atoms with Crippen molar-refractivity contribution in [2.24, 2.45) is 0 Å². The number of carbonyl (C=O) groups excluding carboxylic acids is 2. The van der Waals surface area contributed by atoms with E-state index in [9.17, 15) is 18.0 Å². The number of carbonyl (C=O) groups is 2. The lowest BCUT2D eigenvalue weighted by molar-refractivity contribution is -0.136. The smallest absolute Gasteiger partial charge is 0.232 e. The van der Waals surface area contributed by atoms with E-state index in [0.717, 1.165) is 12.8 Å². The molecule has 0 saturated carbocycles. The van der Waals surface area contributed by atoms with Crippen molar-refractivity contribution in [3.8, 4) is 0 Å². The summed E-state index contributed by atoms with van der Waals surface area (Å²) in [7, 11) is -1.45. The predicted molar refractivity (Wildman–Crippen MR) is 72.4 cm³/mol. The summed E-state index contributed by atoms with van der Waals surface area (Å²) in [5, 5.41) is 2.67. The first-order chi connectivity index (χ1) is 8.85. The molecule has 0 radical (unpaired) electrons. The van der Waals surface area contributed by atoms with Crippen molar-refractivity contribution in [1.29, 1.82) is 0 Å². The molecule has 7 heteroatoms. The third-order valence-electron chi connectivity index (χ3n) is 3.31. The Morgan fingerprint density at radius 1 is 1.37 bits per heavy atom. The lowest BCUT2D eigenvalue weighted by Crippen LogP contribution is -2.40. The molecule has 6 nitrogen and oxygen atoms in total. The Labute approximate surface area is 114 Å². The average molecular weight is 290 g/mol. The SMILES string of the molecule is CCCCNC(=O)CC(=O)N(C)C1CCS(=O)(=O)C1. The molecule has 1 unspecified atom stereocenters. The van der Waals surface area contributed by atoms with Gasteiger partial charge in [0.05, 0.1) is 11.5 Å². The Morgan fingerprint density at radius 2 is 2.05 bits per heavy atom. The van der Waals surface area contributed by atoms with Gasteiger partial charge in [0.2, 0.25) is 11.8 Å². The zero-order chi connectivity index (χ0) is 14.5. The monoisotopic (exact) mass is 290 g/mol. The molecule has 1 saturated heterocycles. The lowest BCUT2D eigenvalue weighted by atomic mass is 10.2. The van der Waals surface area contributed by atoms with E-state index in [1.165, 1.54) is 4.90 Å². The van der Waals surface area contributed by atoms with Crippen LogP contribution in [0.5, 0.6) is 0 Å². The van der Waals surface area contributed by atoms with Crippen LogP contribution < -0.4 is 5.32 Å². The summed E-state index contributed by atoms with van der Waals surface area (Å²) in [5.74, 6) is -0.493. The maximum Gasteiger partial charge on any atom is 0.232 e. The van der Waals surface area contributed by atoms with E-state index in [1.807, 2.05) is 6.92 Å². The number of amides is 2. The summed E-state index contributed by atoms with van der Waals surface area (Å²) >= 11 is 0. The minimum atomic E-state index is -3.01. The molecule has 110 valence electrons. The molecule has 1 aliphatic rings. The van der Waals surface area contributed by atoms with Gasteiger partial charge in [-0.15, -0.1) is 0 Å². The molecule has 0 aromatic carbocycles. The van der Waals surface area contributed by atoms with Crippen molar-refractivity contribution in [2.45, 2.75) is 38.6 Å². The van der Waals surface area contributed by atoms with E-state index in [2.05, 4.69) is 5.32 Å². The minimum absolute atomic E-state index is 0.00664. The molecule has 0 bridgehead atoms. The van der Waals surface area contributed by atoms with Crippen LogP contribution in [0.3, 0.4) is 0 Å². The van der Waals surface area contributed by atoms with Crippen molar-refractivity contribution in [3.05, 3.63) is 0 Å². The van der Waals surface area contributed by atoms with E-state index in [-0.39, 0.29) is 35.8 Å². The van der Waals surface area contributed by atoms with Gasteiger partial charge in [0.15, 0.2) is 9.84 Å². The Kier molecular flexibility index (Phi) is 5.78. The average Bonchev–Trinajstić information content (AvgIpc) is 2.69. The van der Waals surface area contributed by atoms with Gasteiger partial charge in [0.1, 0.15) is 6.42 Å². The number of hydrogen-bond donors (Lipinski definition) is 1. The van der Waals surface area contributed by atoms with Crippen LogP contribution in [0.25, 0.3) is 0 Å². The maximum absolute atomic E-state index is 11.9. The van der Waals surface area contributed by atoms with E-state index >= 15 is 0 Å². The molecule has 0 spiro atoms. The van der Waals surface area contributed by atoms with Gasteiger partial charge >= 0.3 is 0 Å². The van der Waals surface area contributed by atoms with Gasteiger partial charge in [-0.05, 0) is 12.8 Å². The van der Waals surface area contributed by atoms with Crippen LogP contribution in [0.15, 0.2) is 0 Å². The van der Waals surface area contributed by atoms with Gasteiger partial charge in [-0.1, -0.05) is 13.3 Å². The molecule has 2 amide bonds. The molecule has 1 aliphatic heterocycles. The summed E-state index contributed by atoms with van der Waals surface area (Å²) in [6.45, 7) is 2.59. The first-order valence-electron chi connectivity index (χ1n) is 6.58. The fourth-order valence-corrected chi connectivity index (χ4v) is 3.79. The fraction of sp³-hybridized carbons (Fsp3) is 0.833. The molecule has 1 fully saturated rings. The summed E-state index contributed by atoms with van der Waals surface area (Å²) < 4.78 is 22.7. The summed E-state index contributed by atoms with van der Waals surface area (Å²) in [5.41, 5.74) is 0. The number of rotatable bonds is 6. The standard InChI is InChI=1S/C12H22N2O4S/c1-3-4-6-13-11(15)8-12(16)14(2)10-5-7-19(17,18)9-10/h10H,3-9H2,1-2H3,(H,13,15). The van der Waals surface area contributed by atoms with Crippen molar-refractivity contribution in [2.75, 3.05) is 25.1 Å². The zero-order valence-corrected chi connectivity index (χ0v) is 12.3. The van der Waals surface area contributed by atoms with Gasteiger partial charge in [0.25, 0.3) is 0 Å². The zero-order valence-electron chi connectivity index (χ0n) is 11.5. The van der Waals surface area contributed by atoms with Crippen LogP contribution >= 0.6 is 0 Å². The second-order valence-electron chi connectivity index (χ2n) is 4.94. The van der Waals surface area contributed by atoms with Gasteiger partial charge in [0, 0.05) is 19.6 Å². The van der Waals surface area contributed by atoms with Crippen LogP contribution in [0.2, 0.25) is 0 Å². The summed E-state index contributed by atoms with van der Waals surface area (Å²) in [6.07, 6.45) is 2.11. The highest BCUT2D eigenvalue weighted by molar-refractivity contribution is 7.91. The Hall–Kier alpha value is -1.11. The molecule has 1 N–H and O–H groups in total. The van der Waals surface area contributed by atoms with Crippen LogP contribution in [0.4, 0.5) is 0 Å². The van der Waals surface area contributed by atoms with Crippen LogP contribution in [-0.4, -0.2) is 56.3 Å². The Morgan fingerprint density at radius 3 is 2.58 bits per heavy atom. The Bertz CT molecular complexity index is 433. The third-order valence-corrected chi connectivity index (χ3v) is 5.06. The number of nitrogens with zero attached hydrogens (tertiary/aromatic N) is 1. The highest BCUT2D eigenvalue weighted by Gasteiger charge is 2.32. The number of hydrogen-bond acceptors (Lipinski definition) is 4. The highest BCUT2D eigenvalue weighted by atomic mass is 32.2. The number of sulfone groups is 1. The van der Waals surface area contributed by atoms with Gasteiger partial charge < -0.3 is 10.2 Å². The first-order valence-corrected chi connectivity index (χ1v) is 8.40. The Balaban J connectivity index is 2.39. The molecule has 19 heavy (non-hydrogen) atoms. The van der Waals surface area contributed by atoms with Crippen LogP contribution in [0.1, 0.15) is 32.6 Å². The summed E-state index contributed by atoms with van der Waals surface area (Å²) in [6, 6.07) is -0.291. The molecule has 1 atom stereocenters. The van der Waals surface area contributed by atoms with Crippen molar-refractivity contribution < 1.29 is 18.0 Å². The minimum Gasteiger partial charge on any atom is -0.356 e. The number of unbranched alkanes of at least 4 members (excludes halogenated alkanes) is 1. The topological polar surface area (TPSA) is 83.6 Å². The van der Waals surface area contributed by atoms with Crippen molar-refractivity contribution in [3.63, 3.8) is 0 Å². The van der Waals surface area contributed by atoms with Gasteiger partial charge in [-0.2, -0.15) is 0 Å². The van der Waals surface area contributed by atoms with E-state index in [4.69, 9.17) is 0 Å². The molecular weight excluding hydrogens is 268 g/mol. The second-order valence-corrected chi connectivity index (χ2v) is 7.17. The van der Waals surface area contributed by atoms with Crippen molar-refractivity contribution >= 4 is 21.7 Å². The second kappa shape index (κ2) is 6.88. The van der Waals surface area contributed by atoms with Crippen LogP contribution in [0, 0.1) is 0 Å². The summed E-state index contributed by atoms with van der Waals surface area (Å²) in [4.78, 5) is 24.7. The molecule has 0 aromatic rings.